The lowest BCUT2D eigenvalue weighted by atomic mass is 10.0. The molecule has 1 unspecified atom stereocenters. The molecule has 1 aliphatic carbocycles. The fourth-order valence-corrected chi connectivity index (χ4v) is 3.41. The highest BCUT2D eigenvalue weighted by atomic mass is 32.1. The number of carbonyl (C=O) groups excluding carboxylic acids is 1. The molecule has 2 N–H and O–H groups in total. The standard InChI is InChI=1S/C15H23NO2S/c17-14(13-8-10-19-11-13)7-9-16-15(18)6-5-12-3-1-2-4-12/h8,10-12,14,17H,1-7,9H2,(H,16,18). The molecule has 1 atom stereocenters. The Balaban J connectivity index is 1.56. The first-order chi connectivity index (χ1) is 9.25. The highest BCUT2D eigenvalue weighted by molar-refractivity contribution is 7.07. The van der Waals surface area contributed by atoms with Gasteiger partial charge in [-0.05, 0) is 41.1 Å². The Bertz CT molecular complexity index is 372. The fourth-order valence-electron chi connectivity index (χ4n) is 2.70. The van der Waals surface area contributed by atoms with E-state index in [2.05, 4.69) is 5.32 Å². The summed E-state index contributed by atoms with van der Waals surface area (Å²) in [6.45, 7) is 0.556. The van der Waals surface area contributed by atoms with Gasteiger partial charge in [0.2, 0.25) is 5.91 Å². The zero-order valence-corrected chi connectivity index (χ0v) is 12.1. The Morgan fingerprint density at radius 2 is 2.26 bits per heavy atom. The van der Waals surface area contributed by atoms with Crippen LogP contribution in [-0.4, -0.2) is 17.6 Å². The summed E-state index contributed by atoms with van der Waals surface area (Å²) in [5, 5.41) is 16.7. The molecular weight excluding hydrogens is 258 g/mol. The van der Waals surface area contributed by atoms with Crippen molar-refractivity contribution in [3.05, 3.63) is 22.4 Å². The van der Waals surface area contributed by atoms with Crippen LogP contribution in [-0.2, 0) is 4.79 Å². The zero-order valence-electron chi connectivity index (χ0n) is 11.3. The molecule has 0 radical (unpaired) electrons. The number of thiophene rings is 1. The Morgan fingerprint density at radius 1 is 1.47 bits per heavy atom. The van der Waals surface area contributed by atoms with Crippen LogP contribution in [0, 0.1) is 5.92 Å². The summed E-state index contributed by atoms with van der Waals surface area (Å²) in [7, 11) is 0. The van der Waals surface area contributed by atoms with Crippen molar-refractivity contribution in [2.24, 2.45) is 5.92 Å². The van der Waals surface area contributed by atoms with Crippen molar-refractivity contribution >= 4 is 17.2 Å². The van der Waals surface area contributed by atoms with Gasteiger partial charge in [-0.3, -0.25) is 4.79 Å². The van der Waals surface area contributed by atoms with Crippen molar-refractivity contribution in [1.82, 2.24) is 5.32 Å². The van der Waals surface area contributed by atoms with Gasteiger partial charge in [-0.1, -0.05) is 25.7 Å². The molecule has 0 aromatic carbocycles. The van der Waals surface area contributed by atoms with Crippen LogP contribution in [0.3, 0.4) is 0 Å². The number of carbonyl (C=O) groups is 1. The van der Waals surface area contributed by atoms with Crippen LogP contribution >= 0.6 is 11.3 Å². The van der Waals surface area contributed by atoms with Crippen LogP contribution in [0.15, 0.2) is 16.8 Å². The second kappa shape index (κ2) is 7.65. The third-order valence-corrected chi connectivity index (χ3v) is 4.62. The van der Waals surface area contributed by atoms with E-state index in [0.29, 0.717) is 19.4 Å². The monoisotopic (exact) mass is 281 g/mol. The zero-order chi connectivity index (χ0) is 13.5. The number of rotatable bonds is 7. The largest absolute Gasteiger partial charge is 0.388 e. The molecule has 1 aromatic heterocycles. The van der Waals surface area contributed by atoms with E-state index in [0.717, 1.165) is 17.9 Å². The van der Waals surface area contributed by atoms with E-state index >= 15 is 0 Å². The molecule has 1 aliphatic rings. The topological polar surface area (TPSA) is 49.3 Å². The molecule has 1 heterocycles. The summed E-state index contributed by atoms with van der Waals surface area (Å²) in [6, 6.07) is 1.93. The quantitative estimate of drug-likeness (QED) is 0.806. The van der Waals surface area contributed by atoms with Gasteiger partial charge in [0.25, 0.3) is 0 Å². The maximum absolute atomic E-state index is 11.7. The number of hydrogen-bond acceptors (Lipinski definition) is 3. The van der Waals surface area contributed by atoms with Gasteiger partial charge < -0.3 is 10.4 Å². The normalized spacial score (nSPS) is 17.5. The molecule has 1 fully saturated rings. The van der Waals surface area contributed by atoms with Crippen LogP contribution in [0.25, 0.3) is 0 Å². The van der Waals surface area contributed by atoms with E-state index in [1.54, 1.807) is 11.3 Å². The number of aliphatic hydroxyl groups is 1. The van der Waals surface area contributed by atoms with Crippen molar-refractivity contribution in [1.29, 1.82) is 0 Å². The van der Waals surface area contributed by atoms with Gasteiger partial charge >= 0.3 is 0 Å². The molecule has 4 heteroatoms. The summed E-state index contributed by atoms with van der Waals surface area (Å²) in [5.41, 5.74) is 0.949. The summed E-state index contributed by atoms with van der Waals surface area (Å²) in [4.78, 5) is 11.7. The van der Waals surface area contributed by atoms with E-state index < -0.39 is 6.10 Å². The van der Waals surface area contributed by atoms with Gasteiger partial charge in [-0.25, -0.2) is 0 Å². The smallest absolute Gasteiger partial charge is 0.220 e. The summed E-state index contributed by atoms with van der Waals surface area (Å²) < 4.78 is 0. The van der Waals surface area contributed by atoms with Gasteiger partial charge in [0, 0.05) is 13.0 Å². The SMILES string of the molecule is O=C(CCC1CCCC1)NCCC(O)c1ccsc1. The molecular formula is C15H23NO2S. The van der Waals surface area contributed by atoms with Crippen molar-refractivity contribution < 1.29 is 9.90 Å². The Hall–Kier alpha value is -0.870. The first-order valence-electron chi connectivity index (χ1n) is 7.22. The molecule has 0 spiro atoms. The summed E-state index contributed by atoms with van der Waals surface area (Å²) in [6.07, 6.45) is 7.05. The molecule has 0 saturated heterocycles. The summed E-state index contributed by atoms with van der Waals surface area (Å²) in [5.74, 6) is 0.895. The van der Waals surface area contributed by atoms with Gasteiger partial charge in [0.1, 0.15) is 0 Å². The van der Waals surface area contributed by atoms with E-state index in [1.165, 1.54) is 25.7 Å². The average Bonchev–Trinajstić information content (AvgIpc) is 3.09. The third-order valence-electron chi connectivity index (χ3n) is 3.92. The average molecular weight is 281 g/mol. The molecule has 0 aliphatic heterocycles. The van der Waals surface area contributed by atoms with Gasteiger partial charge in [0.05, 0.1) is 6.10 Å². The molecule has 2 rings (SSSR count). The van der Waals surface area contributed by atoms with Crippen LogP contribution in [0.1, 0.15) is 56.6 Å². The van der Waals surface area contributed by atoms with E-state index in [4.69, 9.17) is 0 Å². The van der Waals surface area contributed by atoms with E-state index in [-0.39, 0.29) is 5.91 Å². The predicted molar refractivity (Wildman–Crippen MR) is 78.1 cm³/mol. The minimum atomic E-state index is -0.457. The Labute approximate surface area is 119 Å². The fraction of sp³-hybridized carbons (Fsp3) is 0.667. The molecule has 1 saturated carbocycles. The first kappa shape index (κ1) is 14.5. The third kappa shape index (κ3) is 4.96. The Morgan fingerprint density at radius 3 is 2.95 bits per heavy atom. The van der Waals surface area contributed by atoms with Crippen molar-refractivity contribution in [3.63, 3.8) is 0 Å². The predicted octanol–water partition coefficient (Wildman–Crippen LogP) is 3.26. The van der Waals surface area contributed by atoms with Crippen LogP contribution in [0.4, 0.5) is 0 Å². The van der Waals surface area contributed by atoms with Crippen LogP contribution in [0.2, 0.25) is 0 Å². The van der Waals surface area contributed by atoms with Gasteiger partial charge in [0.15, 0.2) is 0 Å². The highest BCUT2D eigenvalue weighted by Gasteiger charge is 2.16. The minimum absolute atomic E-state index is 0.129. The molecule has 3 nitrogen and oxygen atoms in total. The number of nitrogens with one attached hydrogen (secondary N) is 1. The number of amides is 1. The van der Waals surface area contributed by atoms with Gasteiger partial charge in [-0.15, -0.1) is 0 Å². The number of hydrogen-bond donors (Lipinski definition) is 2. The summed E-state index contributed by atoms with van der Waals surface area (Å²) >= 11 is 1.58. The lowest BCUT2D eigenvalue weighted by molar-refractivity contribution is -0.121. The molecule has 106 valence electrons. The van der Waals surface area contributed by atoms with Crippen molar-refractivity contribution in [3.8, 4) is 0 Å². The lowest BCUT2D eigenvalue weighted by Crippen LogP contribution is -2.25. The maximum atomic E-state index is 11.7. The van der Waals surface area contributed by atoms with Crippen molar-refractivity contribution in [2.75, 3.05) is 6.54 Å². The van der Waals surface area contributed by atoms with E-state index in [1.807, 2.05) is 16.8 Å². The van der Waals surface area contributed by atoms with Crippen molar-refractivity contribution in [2.45, 2.75) is 51.0 Å². The molecule has 1 aromatic rings. The first-order valence-corrected chi connectivity index (χ1v) is 8.17. The molecule has 1 amide bonds. The lowest BCUT2D eigenvalue weighted by Gasteiger charge is -2.11. The second-order valence-electron chi connectivity index (χ2n) is 5.40. The highest BCUT2D eigenvalue weighted by Crippen LogP contribution is 2.28. The maximum Gasteiger partial charge on any atom is 0.220 e. The second-order valence-corrected chi connectivity index (χ2v) is 6.18. The molecule has 0 bridgehead atoms. The van der Waals surface area contributed by atoms with Gasteiger partial charge in [-0.2, -0.15) is 11.3 Å². The van der Waals surface area contributed by atoms with Crippen LogP contribution in [0.5, 0.6) is 0 Å². The number of aliphatic hydroxyl groups excluding tert-OH is 1. The van der Waals surface area contributed by atoms with E-state index in [9.17, 15) is 9.90 Å². The minimum Gasteiger partial charge on any atom is -0.388 e. The van der Waals surface area contributed by atoms with Crippen LogP contribution < -0.4 is 5.32 Å². The Kier molecular flexibility index (Phi) is 5.86. The molecule has 19 heavy (non-hydrogen) atoms.